The summed E-state index contributed by atoms with van der Waals surface area (Å²) >= 11 is 0. The van der Waals surface area contributed by atoms with E-state index in [1.165, 1.54) is 12.1 Å². The number of guanidine groups is 1. The predicted octanol–water partition coefficient (Wildman–Crippen LogP) is 4.14. The van der Waals surface area contributed by atoms with Crippen molar-refractivity contribution in [1.29, 1.82) is 0 Å². The molecular formula is C21H25F3IN3O. The third kappa shape index (κ3) is 6.08. The number of rotatable bonds is 5. The van der Waals surface area contributed by atoms with Gasteiger partial charge in [-0.15, -0.1) is 24.0 Å². The fourth-order valence-electron chi connectivity index (χ4n) is 3.46. The van der Waals surface area contributed by atoms with E-state index in [9.17, 15) is 13.2 Å². The molecule has 0 unspecified atom stereocenters. The van der Waals surface area contributed by atoms with Crippen molar-refractivity contribution in [3.8, 4) is 0 Å². The summed E-state index contributed by atoms with van der Waals surface area (Å²) in [5, 5.41) is 6.28. The van der Waals surface area contributed by atoms with Crippen LogP contribution in [0.25, 0.3) is 0 Å². The van der Waals surface area contributed by atoms with Crippen molar-refractivity contribution in [3.63, 3.8) is 0 Å². The molecule has 3 rings (SSSR count). The molecule has 0 aromatic heterocycles. The third-order valence-electron chi connectivity index (χ3n) is 5.18. The third-order valence-corrected chi connectivity index (χ3v) is 5.18. The Labute approximate surface area is 186 Å². The first kappa shape index (κ1) is 23.5. The van der Waals surface area contributed by atoms with Gasteiger partial charge >= 0.3 is 0 Å². The minimum absolute atomic E-state index is 0. The molecule has 4 nitrogen and oxygen atoms in total. The van der Waals surface area contributed by atoms with Gasteiger partial charge in [-0.3, -0.25) is 4.99 Å². The van der Waals surface area contributed by atoms with E-state index in [-0.39, 0.29) is 47.3 Å². The van der Waals surface area contributed by atoms with Crippen LogP contribution < -0.4 is 10.6 Å². The van der Waals surface area contributed by atoms with Gasteiger partial charge in [0.15, 0.2) is 5.96 Å². The van der Waals surface area contributed by atoms with Gasteiger partial charge < -0.3 is 15.4 Å². The average Bonchev–Trinajstić information content (AvgIpc) is 2.71. The van der Waals surface area contributed by atoms with E-state index in [2.05, 4.69) is 15.6 Å². The zero-order chi connectivity index (χ0) is 20.0. The van der Waals surface area contributed by atoms with E-state index in [1.54, 1.807) is 19.2 Å². The van der Waals surface area contributed by atoms with Crippen LogP contribution in [0, 0.1) is 17.5 Å². The molecule has 0 atom stereocenters. The molecule has 0 saturated carbocycles. The Hall–Kier alpha value is -1.81. The van der Waals surface area contributed by atoms with Crippen LogP contribution in [0.3, 0.4) is 0 Å². The molecule has 0 spiro atoms. The quantitative estimate of drug-likeness (QED) is 0.355. The largest absolute Gasteiger partial charge is 0.381 e. The van der Waals surface area contributed by atoms with Gasteiger partial charge in [0.05, 0.1) is 0 Å². The standard InChI is InChI=1S/C21H24F3N3O.HI/c1-25-20(26-13-15-12-18(23)6-7-19(15)24)27-14-21(8-10-28-11-9-21)16-2-4-17(22)5-3-16;/h2-7,12H,8-11,13-14H2,1H3,(H2,25,26,27);1H. The second-order valence-electron chi connectivity index (χ2n) is 6.91. The number of nitrogens with one attached hydrogen (secondary N) is 2. The molecule has 2 aromatic rings. The summed E-state index contributed by atoms with van der Waals surface area (Å²) in [6, 6.07) is 9.89. The van der Waals surface area contributed by atoms with Crippen molar-refractivity contribution in [2.75, 3.05) is 26.8 Å². The molecule has 1 fully saturated rings. The van der Waals surface area contributed by atoms with Crippen LogP contribution in [0.4, 0.5) is 13.2 Å². The van der Waals surface area contributed by atoms with Gasteiger partial charge in [0, 0.05) is 44.3 Å². The van der Waals surface area contributed by atoms with Gasteiger partial charge in [-0.2, -0.15) is 0 Å². The van der Waals surface area contributed by atoms with Gasteiger partial charge in [-0.25, -0.2) is 13.2 Å². The number of aliphatic imine (C=N–C) groups is 1. The molecule has 0 amide bonds. The van der Waals surface area contributed by atoms with Crippen molar-refractivity contribution in [1.82, 2.24) is 10.6 Å². The van der Waals surface area contributed by atoms with Crippen LogP contribution >= 0.6 is 24.0 Å². The Kier molecular flexibility index (Phi) is 8.76. The SMILES string of the molecule is CN=C(NCc1cc(F)ccc1F)NCC1(c2ccc(F)cc2)CCOCC1.I. The molecule has 0 bridgehead atoms. The Bertz CT molecular complexity index is 824. The van der Waals surface area contributed by atoms with Crippen molar-refractivity contribution in [2.45, 2.75) is 24.8 Å². The maximum absolute atomic E-state index is 13.8. The highest BCUT2D eigenvalue weighted by Gasteiger charge is 2.34. The van der Waals surface area contributed by atoms with Gasteiger partial charge in [-0.1, -0.05) is 12.1 Å². The molecule has 29 heavy (non-hydrogen) atoms. The maximum atomic E-state index is 13.8. The summed E-state index contributed by atoms with van der Waals surface area (Å²) in [7, 11) is 1.62. The summed E-state index contributed by atoms with van der Waals surface area (Å²) in [6.07, 6.45) is 1.59. The number of halogens is 4. The number of benzene rings is 2. The van der Waals surface area contributed by atoms with Crippen molar-refractivity contribution < 1.29 is 17.9 Å². The van der Waals surface area contributed by atoms with Crippen LogP contribution in [-0.2, 0) is 16.7 Å². The molecular weight excluding hydrogens is 494 g/mol. The van der Waals surface area contributed by atoms with Gasteiger partial charge in [-0.05, 0) is 48.7 Å². The zero-order valence-electron chi connectivity index (χ0n) is 16.2. The molecule has 1 aliphatic rings. The molecule has 1 aliphatic heterocycles. The van der Waals surface area contributed by atoms with E-state index in [1.807, 2.05) is 0 Å². The Morgan fingerprint density at radius 3 is 2.31 bits per heavy atom. The lowest BCUT2D eigenvalue weighted by Gasteiger charge is -2.38. The first-order chi connectivity index (χ1) is 13.5. The van der Waals surface area contributed by atoms with Crippen molar-refractivity contribution in [2.24, 2.45) is 4.99 Å². The highest BCUT2D eigenvalue weighted by molar-refractivity contribution is 14.0. The van der Waals surface area contributed by atoms with E-state index in [0.717, 1.165) is 36.6 Å². The molecule has 2 N–H and O–H groups in total. The van der Waals surface area contributed by atoms with E-state index in [0.29, 0.717) is 25.7 Å². The van der Waals surface area contributed by atoms with Crippen LogP contribution in [0.1, 0.15) is 24.0 Å². The molecule has 158 valence electrons. The van der Waals surface area contributed by atoms with Crippen LogP contribution in [0.15, 0.2) is 47.5 Å². The lowest BCUT2D eigenvalue weighted by Crippen LogP contribution is -2.48. The lowest BCUT2D eigenvalue weighted by molar-refractivity contribution is 0.0513. The molecule has 8 heteroatoms. The van der Waals surface area contributed by atoms with Crippen LogP contribution in [0.5, 0.6) is 0 Å². The summed E-state index contributed by atoms with van der Waals surface area (Å²) in [5.74, 6) is -0.750. The second-order valence-corrected chi connectivity index (χ2v) is 6.91. The summed E-state index contributed by atoms with van der Waals surface area (Å²) in [5.41, 5.74) is 1.05. The smallest absolute Gasteiger partial charge is 0.191 e. The number of ether oxygens (including phenoxy) is 1. The summed E-state index contributed by atoms with van der Waals surface area (Å²) in [4.78, 5) is 4.17. The van der Waals surface area contributed by atoms with E-state index >= 15 is 0 Å². The highest BCUT2D eigenvalue weighted by atomic mass is 127. The fourth-order valence-corrected chi connectivity index (χ4v) is 3.46. The molecule has 1 heterocycles. The maximum Gasteiger partial charge on any atom is 0.191 e. The minimum Gasteiger partial charge on any atom is -0.381 e. The fraction of sp³-hybridized carbons (Fsp3) is 0.381. The molecule has 1 saturated heterocycles. The predicted molar refractivity (Wildman–Crippen MR) is 118 cm³/mol. The molecule has 0 aliphatic carbocycles. The first-order valence-corrected chi connectivity index (χ1v) is 9.25. The highest BCUT2D eigenvalue weighted by Crippen LogP contribution is 2.34. The summed E-state index contributed by atoms with van der Waals surface area (Å²) in [6.45, 7) is 1.92. The number of nitrogens with zero attached hydrogens (tertiary/aromatic N) is 1. The first-order valence-electron chi connectivity index (χ1n) is 9.25. The van der Waals surface area contributed by atoms with Gasteiger partial charge in [0.2, 0.25) is 0 Å². The summed E-state index contributed by atoms with van der Waals surface area (Å²) < 4.78 is 46.0. The van der Waals surface area contributed by atoms with Crippen LogP contribution in [-0.4, -0.2) is 32.8 Å². The van der Waals surface area contributed by atoms with Crippen molar-refractivity contribution >= 4 is 29.9 Å². The van der Waals surface area contributed by atoms with E-state index < -0.39 is 11.6 Å². The van der Waals surface area contributed by atoms with Gasteiger partial charge in [0.1, 0.15) is 17.5 Å². The average molecular weight is 519 g/mol. The normalized spacial score (nSPS) is 16.1. The molecule has 2 aromatic carbocycles. The molecule has 0 radical (unpaired) electrons. The Morgan fingerprint density at radius 2 is 1.66 bits per heavy atom. The topological polar surface area (TPSA) is 45.7 Å². The van der Waals surface area contributed by atoms with Crippen molar-refractivity contribution in [3.05, 3.63) is 71.0 Å². The minimum atomic E-state index is -0.487. The van der Waals surface area contributed by atoms with Gasteiger partial charge in [0.25, 0.3) is 0 Å². The number of hydrogen-bond donors (Lipinski definition) is 2. The Balaban J connectivity index is 0.00000300. The second kappa shape index (κ2) is 10.8. The zero-order valence-corrected chi connectivity index (χ0v) is 18.5. The Morgan fingerprint density at radius 1 is 1.00 bits per heavy atom. The lowest BCUT2D eigenvalue weighted by atomic mass is 9.74. The monoisotopic (exact) mass is 519 g/mol. The van der Waals surface area contributed by atoms with E-state index in [4.69, 9.17) is 4.74 Å². The number of hydrogen-bond acceptors (Lipinski definition) is 2. The van der Waals surface area contributed by atoms with Crippen LogP contribution in [0.2, 0.25) is 0 Å².